The van der Waals surface area contributed by atoms with E-state index in [0.29, 0.717) is 6.42 Å². The summed E-state index contributed by atoms with van der Waals surface area (Å²) >= 11 is 1.58. The topological polar surface area (TPSA) is 63.3 Å². The normalized spacial score (nSPS) is 14.6. The van der Waals surface area contributed by atoms with Crippen molar-refractivity contribution in [3.05, 3.63) is 0 Å². The molecule has 0 unspecified atom stereocenters. The quantitative estimate of drug-likeness (QED) is 0.585. The van der Waals surface area contributed by atoms with Crippen LogP contribution in [0.15, 0.2) is 0 Å². The van der Waals surface area contributed by atoms with Crippen LogP contribution in [0.3, 0.4) is 0 Å². The summed E-state index contributed by atoms with van der Waals surface area (Å²) in [6.07, 6.45) is 2.41. The Morgan fingerprint density at radius 3 is 3.11 bits per heavy atom. The minimum absolute atomic E-state index is 0.500. The van der Waals surface area contributed by atoms with Crippen molar-refractivity contribution < 1.29 is 11.3 Å². The van der Waals surface area contributed by atoms with Gasteiger partial charge >= 0.3 is 5.97 Å². The first-order chi connectivity index (χ1) is 4.72. The van der Waals surface area contributed by atoms with Crippen LogP contribution in [0.1, 0.15) is 6.42 Å². The van der Waals surface area contributed by atoms with Crippen LogP contribution in [0, 0.1) is 0 Å². The first-order valence-electron chi connectivity index (χ1n) is 3.11. The second kappa shape index (κ2) is 4.64. The molecule has 0 aromatic carbocycles. The van der Waals surface area contributed by atoms with Gasteiger partial charge in [-0.3, -0.25) is 4.79 Å². The molecule has 3 N–H and O–H groups in total. The molecule has 0 saturated heterocycles. The van der Waals surface area contributed by atoms with Crippen molar-refractivity contribution in [2.45, 2.75) is 12.5 Å². The number of thioether (sulfide) groups is 1. The Bertz CT molecular complexity index is 112. The van der Waals surface area contributed by atoms with Gasteiger partial charge in [-0.2, -0.15) is 11.8 Å². The van der Waals surface area contributed by atoms with Crippen LogP contribution >= 0.6 is 11.8 Å². The summed E-state index contributed by atoms with van der Waals surface area (Å²) in [5, 5.41) is 8.41. The van der Waals surface area contributed by atoms with E-state index in [2.05, 4.69) is 0 Å². The van der Waals surface area contributed by atoms with Crippen LogP contribution in [0.2, 0.25) is 1.41 Å². The molecule has 9 heavy (non-hydrogen) atoms. The zero-order chi connectivity index (χ0) is 7.98. The Labute approximate surface area is 60.1 Å². The van der Waals surface area contributed by atoms with E-state index in [0.717, 1.165) is 5.75 Å². The Balaban J connectivity index is 3.50. The highest BCUT2D eigenvalue weighted by molar-refractivity contribution is 7.98. The summed E-state index contributed by atoms with van der Waals surface area (Å²) in [7, 11) is 0. The number of hydrogen-bond donors (Lipinski definition) is 2. The third-order valence-electron chi connectivity index (χ3n) is 0.909. The highest BCUT2D eigenvalue weighted by Gasteiger charge is 2.08. The van der Waals surface area contributed by atoms with Gasteiger partial charge in [-0.25, -0.2) is 0 Å². The Hall–Kier alpha value is -0.220. The third kappa shape index (κ3) is 4.29. The average Bonchev–Trinajstić information content (AvgIpc) is 1.89. The van der Waals surface area contributed by atoms with Gasteiger partial charge in [0.15, 0.2) is 0 Å². The second-order valence-corrected chi connectivity index (χ2v) is 2.66. The second-order valence-electron chi connectivity index (χ2n) is 1.67. The van der Waals surface area contributed by atoms with Crippen LogP contribution < -0.4 is 5.73 Å². The number of carboxylic acids is 1. The maximum Gasteiger partial charge on any atom is 0.320 e. The van der Waals surface area contributed by atoms with Crippen molar-refractivity contribution >= 4 is 17.7 Å². The van der Waals surface area contributed by atoms with Gasteiger partial charge in [0, 0.05) is 0 Å². The maximum absolute atomic E-state index is 10.2. The molecule has 0 heterocycles. The summed E-state index contributed by atoms with van der Waals surface area (Å²) in [6.45, 7) is 0. The molecule has 0 radical (unpaired) electrons. The van der Waals surface area contributed by atoms with Crippen LogP contribution in [-0.2, 0) is 4.79 Å². The van der Waals surface area contributed by atoms with Crippen LogP contribution in [-0.4, -0.2) is 29.1 Å². The van der Waals surface area contributed by atoms with E-state index in [4.69, 9.17) is 6.52 Å². The third-order valence-corrected chi connectivity index (χ3v) is 1.55. The lowest BCUT2D eigenvalue weighted by molar-refractivity contribution is -0.138. The van der Waals surface area contributed by atoms with E-state index in [9.17, 15) is 4.79 Å². The molecule has 1 atom stereocenters. The van der Waals surface area contributed by atoms with Gasteiger partial charge in [-0.1, -0.05) is 0 Å². The minimum Gasteiger partial charge on any atom is -0.480 e. The van der Waals surface area contributed by atoms with Crippen LogP contribution in [0.25, 0.3) is 0 Å². The molecule has 4 heteroatoms. The summed E-state index contributed by atoms with van der Waals surface area (Å²) < 4.78 is 6.63. The number of rotatable bonds is 5. The smallest absolute Gasteiger partial charge is 0.320 e. The van der Waals surface area contributed by atoms with Gasteiger partial charge in [0.1, 0.15) is 7.45 Å². The van der Waals surface area contributed by atoms with Gasteiger partial charge in [-0.05, 0) is 18.4 Å². The Morgan fingerprint density at radius 1 is 2.11 bits per heavy atom. The zero-order valence-electron chi connectivity index (χ0n) is 6.26. The maximum atomic E-state index is 10.2. The first kappa shape index (κ1) is 6.89. The van der Waals surface area contributed by atoms with Gasteiger partial charge in [0.25, 0.3) is 0 Å². The highest BCUT2D eigenvalue weighted by Crippen LogP contribution is 1.97. The van der Waals surface area contributed by atoms with Crippen molar-refractivity contribution in [2.24, 2.45) is 5.73 Å². The molecule has 0 aliphatic carbocycles. The molecule has 0 aromatic heterocycles. The fourth-order valence-corrected chi connectivity index (χ4v) is 0.831. The largest absolute Gasteiger partial charge is 0.480 e. The molecule has 0 bridgehead atoms. The molecule has 0 rings (SSSR count). The number of hydrogen-bond acceptors (Lipinski definition) is 3. The van der Waals surface area contributed by atoms with Gasteiger partial charge in [0.2, 0.25) is 0 Å². The molecule has 0 fully saturated rings. The summed E-state index contributed by atoms with van der Waals surface area (Å²) in [4.78, 5) is 10.2. The minimum atomic E-state index is -0.955. The standard InChI is InChI=1S/C5H11NO2S/c1-9-3-2-4(6)5(7)8/h4H,2-3,6H2,1H3,(H,7,8)/t4-/m0/s1/i/hD. The summed E-state index contributed by atoms with van der Waals surface area (Å²) in [6, 6.07) is -0.715. The fourth-order valence-electron chi connectivity index (χ4n) is 0.359. The molecule has 0 spiro atoms. The van der Waals surface area contributed by atoms with E-state index in [1.165, 1.54) is 0 Å². The van der Waals surface area contributed by atoms with Crippen molar-refractivity contribution in [1.29, 1.82) is 0 Å². The number of carboxylic acid groups (broad SMARTS) is 1. The van der Waals surface area contributed by atoms with Crippen LogP contribution in [0.4, 0.5) is 0 Å². The molecule has 3 nitrogen and oxygen atoms in total. The summed E-state index contributed by atoms with van der Waals surface area (Å²) in [5.74, 6) is -0.188. The highest BCUT2D eigenvalue weighted by atomic mass is 32.2. The van der Waals surface area contributed by atoms with E-state index in [1.54, 1.807) is 11.8 Å². The van der Waals surface area contributed by atoms with Crippen molar-refractivity contribution in [2.75, 3.05) is 12.0 Å². The Kier molecular flexibility index (Phi) is 3.55. The lowest BCUT2D eigenvalue weighted by Gasteiger charge is -2.02. The predicted octanol–water partition coefficient (Wildman–Crippen LogP) is 0.151. The van der Waals surface area contributed by atoms with Crippen LogP contribution in [0.5, 0.6) is 0 Å². The van der Waals surface area contributed by atoms with Gasteiger partial charge < -0.3 is 10.8 Å². The predicted molar refractivity (Wildman–Crippen MR) is 38.6 cm³/mol. The van der Waals surface area contributed by atoms with E-state index >= 15 is 0 Å². The van der Waals surface area contributed by atoms with Gasteiger partial charge in [-0.15, -0.1) is 0 Å². The van der Waals surface area contributed by atoms with E-state index in [1.807, 2.05) is 12.0 Å². The van der Waals surface area contributed by atoms with E-state index < -0.39 is 12.0 Å². The van der Waals surface area contributed by atoms with Gasteiger partial charge in [0.05, 0.1) is 0 Å². The molecule has 54 valence electrons. The molecular formula is C5H11NO2S. The molecule has 0 aromatic rings. The molecule has 0 aliphatic heterocycles. The zero-order valence-corrected chi connectivity index (χ0v) is 6.07. The molecular weight excluding hydrogens is 138 g/mol. The molecule has 0 amide bonds. The van der Waals surface area contributed by atoms with Crippen molar-refractivity contribution in [3.8, 4) is 0 Å². The van der Waals surface area contributed by atoms with E-state index in [-0.39, 0.29) is 0 Å². The number of carbonyl (C=O) groups is 1. The lowest BCUT2D eigenvalue weighted by atomic mass is 10.2. The monoisotopic (exact) mass is 150 g/mol. The van der Waals surface area contributed by atoms with Crippen molar-refractivity contribution in [3.63, 3.8) is 0 Å². The number of aliphatic carboxylic acids is 1. The first-order valence-corrected chi connectivity index (χ1v) is 4.00. The SMILES string of the molecule is [2H]N[C@@H](CCSC)C(=O)O. The fraction of sp³-hybridized carbons (Fsp3) is 0.800. The molecule has 0 aliphatic rings. The molecule has 0 saturated carbocycles. The average molecular weight is 150 g/mol. The number of nitrogens with two attached hydrogens (primary N) is 1. The Morgan fingerprint density at radius 2 is 2.78 bits per heavy atom. The lowest BCUT2D eigenvalue weighted by Crippen LogP contribution is -2.30. The summed E-state index contributed by atoms with van der Waals surface area (Å²) in [5.41, 5.74) is 1.97. The van der Waals surface area contributed by atoms with Crippen molar-refractivity contribution in [1.82, 2.24) is 0 Å².